The van der Waals surface area contributed by atoms with Crippen LogP contribution >= 0.6 is 11.3 Å². The van der Waals surface area contributed by atoms with E-state index in [1.807, 2.05) is 13.0 Å². The molecule has 2 amide bonds. The van der Waals surface area contributed by atoms with Gasteiger partial charge in [0, 0.05) is 36.8 Å². The zero-order chi connectivity index (χ0) is 27.4. The number of pyridine rings is 1. The maximum atomic E-state index is 14.1. The first-order valence-corrected chi connectivity index (χ1v) is 14.1. The number of nitrogens with one attached hydrogen (secondary N) is 2. The summed E-state index contributed by atoms with van der Waals surface area (Å²) in [5, 5.41) is 16.2. The second kappa shape index (κ2) is 9.82. The van der Waals surface area contributed by atoms with Crippen LogP contribution in [0.5, 0.6) is 0 Å². The zero-order valence-electron chi connectivity index (χ0n) is 22.2. The third-order valence-corrected chi connectivity index (χ3v) is 8.51. The summed E-state index contributed by atoms with van der Waals surface area (Å²) in [7, 11) is 0. The van der Waals surface area contributed by atoms with E-state index in [-0.39, 0.29) is 17.2 Å². The molecule has 1 aliphatic heterocycles. The molecule has 38 heavy (non-hydrogen) atoms. The Morgan fingerprint density at radius 3 is 2.45 bits per heavy atom. The van der Waals surface area contributed by atoms with E-state index in [4.69, 9.17) is 0 Å². The van der Waals surface area contributed by atoms with Crippen LogP contribution in [0, 0.1) is 18.8 Å². The molecular weight excluding hydrogens is 512 g/mol. The van der Waals surface area contributed by atoms with E-state index in [2.05, 4.69) is 20.6 Å². The summed E-state index contributed by atoms with van der Waals surface area (Å²) in [6, 6.07) is 1.70. The monoisotopic (exact) mass is 547 g/mol. The number of carbonyl (C=O) groups excluding carboxylic acids is 2. The van der Waals surface area contributed by atoms with Crippen LogP contribution < -0.4 is 10.6 Å². The molecule has 0 unspecified atom stereocenters. The van der Waals surface area contributed by atoms with Crippen molar-refractivity contribution in [3.05, 3.63) is 28.5 Å². The number of halogens is 2. The molecule has 2 aliphatic carbocycles. The molecule has 8 nitrogen and oxygen atoms in total. The fraction of sp³-hybridized carbons (Fsp3) is 0.630. The minimum absolute atomic E-state index is 0.0104. The highest BCUT2D eigenvalue weighted by molar-refractivity contribution is 7.17. The van der Waals surface area contributed by atoms with Gasteiger partial charge in [0.05, 0.1) is 17.0 Å². The third-order valence-electron chi connectivity index (χ3n) is 7.42. The number of likely N-dealkylation sites (tertiary alicyclic amines) is 1. The Morgan fingerprint density at radius 1 is 1.26 bits per heavy atom. The van der Waals surface area contributed by atoms with Crippen molar-refractivity contribution in [3.63, 3.8) is 0 Å². The van der Waals surface area contributed by atoms with E-state index >= 15 is 0 Å². The second-order valence-corrected chi connectivity index (χ2v) is 12.8. The summed E-state index contributed by atoms with van der Waals surface area (Å²) in [4.78, 5) is 36.9. The van der Waals surface area contributed by atoms with Crippen molar-refractivity contribution in [2.75, 3.05) is 18.4 Å². The van der Waals surface area contributed by atoms with Gasteiger partial charge in [0.1, 0.15) is 11.5 Å². The second-order valence-electron chi connectivity index (χ2n) is 11.8. The van der Waals surface area contributed by atoms with Gasteiger partial charge in [-0.15, -0.1) is 11.3 Å². The van der Waals surface area contributed by atoms with Crippen molar-refractivity contribution in [2.24, 2.45) is 11.8 Å². The molecule has 0 spiro atoms. The van der Waals surface area contributed by atoms with E-state index in [9.17, 15) is 23.5 Å². The van der Waals surface area contributed by atoms with Gasteiger partial charge in [-0.25, -0.2) is 18.7 Å². The van der Waals surface area contributed by atoms with Crippen LogP contribution in [0.1, 0.15) is 78.7 Å². The molecule has 3 aliphatic rings. The van der Waals surface area contributed by atoms with E-state index < -0.39 is 42.3 Å². The van der Waals surface area contributed by atoms with E-state index in [1.165, 1.54) is 25.7 Å². The first kappa shape index (κ1) is 26.9. The smallest absolute Gasteiger partial charge is 0.280 e. The summed E-state index contributed by atoms with van der Waals surface area (Å²) >= 11 is 1.02. The van der Waals surface area contributed by atoms with Crippen LogP contribution in [0.25, 0.3) is 10.4 Å². The first-order chi connectivity index (χ1) is 17.8. The van der Waals surface area contributed by atoms with Crippen molar-refractivity contribution in [1.82, 2.24) is 20.2 Å². The fourth-order valence-electron chi connectivity index (χ4n) is 5.11. The number of hydrogen-bond acceptors (Lipinski definition) is 7. The van der Waals surface area contributed by atoms with Crippen molar-refractivity contribution in [1.29, 1.82) is 0 Å². The number of aromatic nitrogens is 2. The van der Waals surface area contributed by atoms with Crippen LogP contribution in [-0.4, -0.2) is 68.5 Å². The number of aliphatic hydroxyl groups is 1. The third kappa shape index (κ3) is 5.98. The lowest BCUT2D eigenvalue weighted by Gasteiger charge is -2.21. The minimum atomic E-state index is -2.97. The molecule has 3 fully saturated rings. The van der Waals surface area contributed by atoms with Gasteiger partial charge in [0.25, 0.3) is 17.7 Å². The van der Waals surface area contributed by atoms with Gasteiger partial charge in [0.2, 0.25) is 0 Å². The SMILES string of the molecule is Cc1cc(NC(C2CC2)C2CC2)ncc1-c1sc(C(=O)NCC(C)(C)O)nc1C(=O)N1CC(F)(F)C[C@@H]1C. The molecule has 5 rings (SSSR count). The topological polar surface area (TPSA) is 107 Å². The molecule has 0 bridgehead atoms. The van der Waals surface area contributed by atoms with Crippen LogP contribution in [0.4, 0.5) is 14.6 Å². The lowest BCUT2D eigenvalue weighted by atomic mass is 10.1. The number of thiazole rings is 1. The molecule has 1 atom stereocenters. The van der Waals surface area contributed by atoms with Crippen molar-refractivity contribution >= 4 is 29.0 Å². The number of rotatable bonds is 9. The van der Waals surface area contributed by atoms with Crippen LogP contribution in [0.15, 0.2) is 12.3 Å². The molecule has 3 heterocycles. The number of nitrogens with zero attached hydrogens (tertiary/aromatic N) is 3. The normalized spacial score (nSPS) is 21.2. The lowest BCUT2D eigenvalue weighted by molar-refractivity contribution is 0.0118. The highest BCUT2D eigenvalue weighted by Crippen LogP contribution is 2.46. The van der Waals surface area contributed by atoms with Gasteiger partial charge in [-0.05, 0) is 76.8 Å². The van der Waals surface area contributed by atoms with E-state index in [0.29, 0.717) is 28.3 Å². The number of alkyl halides is 2. The summed E-state index contributed by atoms with van der Waals surface area (Å²) in [5.41, 5.74) is 0.305. The van der Waals surface area contributed by atoms with Crippen LogP contribution in [0.2, 0.25) is 0 Å². The average Bonchev–Trinajstić information content (AvgIpc) is 3.76. The number of hydrogen-bond donors (Lipinski definition) is 3. The molecule has 3 N–H and O–H groups in total. The highest BCUT2D eigenvalue weighted by Gasteiger charge is 2.46. The molecule has 2 aromatic rings. The average molecular weight is 548 g/mol. The van der Waals surface area contributed by atoms with Crippen LogP contribution in [-0.2, 0) is 0 Å². The Bertz CT molecular complexity index is 1220. The first-order valence-electron chi connectivity index (χ1n) is 13.2. The van der Waals surface area contributed by atoms with Crippen LogP contribution in [0.3, 0.4) is 0 Å². The quantitative estimate of drug-likeness (QED) is 0.427. The van der Waals surface area contributed by atoms with Gasteiger partial charge in [-0.2, -0.15) is 0 Å². The van der Waals surface area contributed by atoms with Gasteiger partial charge in [0.15, 0.2) is 5.01 Å². The predicted octanol–water partition coefficient (Wildman–Crippen LogP) is 4.48. The Morgan fingerprint density at radius 2 is 1.92 bits per heavy atom. The van der Waals surface area contributed by atoms with Gasteiger partial charge in [-0.3, -0.25) is 9.59 Å². The number of aryl methyl sites for hydroxylation is 1. The molecule has 0 aromatic carbocycles. The molecule has 11 heteroatoms. The standard InChI is InChI=1S/C27H35F2N5O3S/c1-14-9-19(32-20(16-5-6-16)17-7-8-17)30-11-18(14)22-21(25(36)34-13-27(28,29)10-15(34)2)33-24(38-22)23(35)31-12-26(3,4)37/h9,11,15-17,20,37H,5-8,10,12-13H2,1-4H3,(H,30,32)(H,31,35)/t15-/m0/s1. The molecular formula is C27H35F2N5O3S. The molecule has 206 valence electrons. The summed E-state index contributed by atoms with van der Waals surface area (Å²) in [5.74, 6) is -1.99. The van der Waals surface area contributed by atoms with Gasteiger partial charge >= 0.3 is 0 Å². The van der Waals surface area contributed by atoms with Crippen molar-refractivity contribution < 1.29 is 23.5 Å². The zero-order valence-corrected chi connectivity index (χ0v) is 23.0. The fourth-order valence-corrected chi connectivity index (χ4v) is 6.16. The summed E-state index contributed by atoms with van der Waals surface area (Å²) in [6.07, 6.45) is 6.21. The predicted molar refractivity (Wildman–Crippen MR) is 142 cm³/mol. The Balaban J connectivity index is 1.46. The lowest BCUT2D eigenvalue weighted by Crippen LogP contribution is -2.38. The molecule has 2 saturated carbocycles. The van der Waals surface area contributed by atoms with Crippen molar-refractivity contribution in [3.8, 4) is 10.4 Å². The maximum absolute atomic E-state index is 14.1. The Hall–Kier alpha value is -2.66. The molecule has 0 radical (unpaired) electrons. The minimum Gasteiger partial charge on any atom is -0.389 e. The molecule has 1 saturated heterocycles. The summed E-state index contributed by atoms with van der Waals surface area (Å²) < 4.78 is 28.2. The number of anilines is 1. The van der Waals surface area contributed by atoms with Gasteiger partial charge in [-0.1, -0.05) is 0 Å². The number of carbonyl (C=O) groups is 2. The Labute approximate surface area is 225 Å². The number of amides is 2. The largest absolute Gasteiger partial charge is 0.389 e. The van der Waals surface area contributed by atoms with E-state index in [1.54, 1.807) is 27.0 Å². The maximum Gasteiger partial charge on any atom is 0.280 e. The summed E-state index contributed by atoms with van der Waals surface area (Å²) in [6.45, 7) is 5.92. The van der Waals surface area contributed by atoms with E-state index in [0.717, 1.165) is 27.6 Å². The highest BCUT2D eigenvalue weighted by atomic mass is 32.1. The molecule has 2 aromatic heterocycles. The van der Waals surface area contributed by atoms with Gasteiger partial charge < -0.3 is 20.6 Å². The van der Waals surface area contributed by atoms with Crippen molar-refractivity contribution in [2.45, 2.75) is 83.4 Å². The Kier molecular flexibility index (Phi) is 6.96.